The molecule has 106 valence electrons. The summed E-state index contributed by atoms with van der Waals surface area (Å²) in [6, 6.07) is 17.0. The molecule has 3 aromatic rings. The molecule has 0 aliphatic carbocycles. The molecule has 0 radical (unpaired) electrons. The maximum Gasteiger partial charge on any atom is 0.247 e. The lowest BCUT2D eigenvalue weighted by Gasteiger charge is -2.16. The average Bonchev–Trinajstić information content (AvgIpc) is 2.83. The molecule has 0 spiro atoms. The summed E-state index contributed by atoms with van der Waals surface area (Å²) in [4.78, 5) is 17.0. The fourth-order valence-electron chi connectivity index (χ4n) is 2.54. The number of rotatable bonds is 3. The van der Waals surface area contributed by atoms with Crippen LogP contribution in [0, 0.1) is 6.92 Å². The van der Waals surface area contributed by atoms with E-state index in [-0.39, 0.29) is 11.9 Å². The van der Waals surface area contributed by atoms with E-state index < -0.39 is 0 Å². The molecule has 0 saturated heterocycles. The third-order valence-electron chi connectivity index (χ3n) is 3.58. The minimum Gasteiger partial charge on any atom is -0.324 e. The zero-order chi connectivity index (χ0) is 14.8. The maximum absolute atomic E-state index is 12.4. The lowest BCUT2D eigenvalue weighted by Crippen LogP contribution is -2.24. The Labute approximate surface area is 123 Å². The molecule has 0 saturated carbocycles. The van der Waals surface area contributed by atoms with Crippen molar-refractivity contribution in [1.82, 2.24) is 9.55 Å². The van der Waals surface area contributed by atoms with E-state index in [1.165, 1.54) is 0 Å². The average molecular weight is 279 g/mol. The first-order chi connectivity index (χ1) is 10.2. The van der Waals surface area contributed by atoms with Gasteiger partial charge < -0.3 is 9.88 Å². The minimum atomic E-state index is -0.322. The van der Waals surface area contributed by atoms with Gasteiger partial charge in [-0.2, -0.15) is 0 Å². The van der Waals surface area contributed by atoms with Gasteiger partial charge in [0.25, 0.3) is 0 Å². The highest BCUT2D eigenvalue weighted by Gasteiger charge is 2.19. The van der Waals surface area contributed by atoms with E-state index in [2.05, 4.69) is 10.3 Å². The van der Waals surface area contributed by atoms with Crippen LogP contribution in [0.1, 0.15) is 18.8 Å². The Hall–Kier alpha value is -2.62. The smallest absolute Gasteiger partial charge is 0.247 e. The molecule has 1 amide bonds. The van der Waals surface area contributed by atoms with Crippen LogP contribution in [0.3, 0.4) is 0 Å². The van der Waals surface area contributed by atoms with E-state index in [0.29, 0.717) is 0 Å². The van der Waals surface area contributed by atoms with Crippen LogP contribution < -0.4 is 5.32 Å². The zero-order valence-corrected chi connectivity index (χ0v) is 12.1. The highest BCUT2D eigenvalue weighted by Crippen LogP contribution is 2.21. The lowest BCUT2D eigenvalue weighted by atomic mass is 10.2. The number of amides is 1. The minimum absolute atomic E-state index is 0.0487. The number of carbonyl (C=O) groups excluding carboxylic acids is 1. The van der Waals surface area contributed by atoms with Crippen LogP contribution in [0.5, 0.6) is 0 Å². The Morgan fingerprint density at radius 2 is 1.76 bits per heavy atom. The Bertz CT molecular complexity index is 777. The lowest BCUT2D eigenvalue weighted by molar-refractivity contribution is -0.118. The molecule has 1 unspecified atom stereocenters. The monoisotopic (exact) mass is 279 g/mol. The summed E-state index contributed by atoms with van der Waals surface area (Å²) in [5, 5.41) is 2.93. The van der Waals surface area contributed by atoms with Crippen molar-refractivity contribution in [2.45, 2.75) is 19.9 Å². The first-order valence-corrected chi connectivity index (χ1v) is 6.96. The van der Waals surface area contributed by atoms with Gasteiger partial charge in [-0.1, -0.05) is 30.3 Å². The Kier molecular flexibility index (Phi) is 3.44. The number of hydrogen-bond acceptors (Lipinski definition) is 2. The van der Waals surface area contributed by atoms with Crippen molar-refractivity contribution in [2.24, 2.45) is 0 Å². The zero-order valence-electron chi connectivity index (χ0n) is 12.1. The molecule has 4 heteroatoms. The normalized spacial score (nSPS) is 12.3. The molecule has 0 aliphatic rings. The van der Waals surface area contributed by atoms with E-state index in [9.17, 15) is 4.79 Å². The van der Waals surface area contributed by atoms with Gasteiger partial charge in [-0.05, 0) is 38.1 Å². The largest absolute Gasteiger partial charge is 0.324 e. The summed E-state index contributed by atoms with van der Waals surface area (Å²) in [6.07, 6.45) is 0. The quantitative estimate of drug-likeness (QED) is 0.797. The predicted octanol–water partition coefficient (Wildman–Crippen LogP) is 3.54. The van der Waals surface area contributed by atoms with Crippen LogP contribution in [0.15, 0.2) is 54.6 Å². The number of imidazole rings is 1. The highest BCUT2D eigenvalue weighted by atomic mass is 16.2. The highest BCUT2D eigenvalue weighted by molar-refractivity contribution is 5.94. The molecule has 0 aliphatic heterocycles. The number of nitrogens with one attached hydrogen (secondary N) is 1. The van der Waals surface area contributed by atoms with Crippen LogP contribution >= 0.6 is 0 Å². The summed E-state index contributed by atoms with van der Waals surface area (Å²) in [5.74, 6) is 0.791. The van der Waals surface area contributed by atoms with Crippen molar-refractivity contribution in [3.63, 3.8) is 0 Å². The van der Waals surface area contributed by atoms with Crippen LogP contribution in [0.25, 0.3) is 11.0 Å². The first kappa shape index (κ1) is 13.4. The van der Waals surface area contributed by atoms with Gasteiger partial charge in [0, 0.05) is 5.69 Å². The summed E-state index contributed by atoms with van der Waals surface area (Å²) in [5.41, 5.74) is 2.69. The Morgan fingerprint density at radius 3 is 2.52 bits per heavy atom. The van der Waals surface area contributed by atoms with Gasteiger partial charge in [0.15, 0.2) is 0 Å². The van der Waals surface area contributed by atoms with Gasteiger partial charge >= 0.3 is 0 Å². The van der Waals surface area contributed by atoms with Gasteiger partial charge in [-0.15, -0.1) is 0 Å². The molecular weight excluding hydrogens is 262 g/mol. The molecule has 4 nitrogen and oxygen atoms in total. The van der Waals surface area contributed by atoms with Gasteiger partial charge in [0.2, 0.25) is 5.91 Å². The van der Waals surface area contributed by atoms with E-state index >= 15 is 0 Å². The van der Waals surface area contributed by atoms with Crippen LogP contribution in [0.4, 0.5) is 5.69 Å². The molecule has 21 heavy (non-hydrogen) atoms. The van der Waals surface area contributed by atoms with Crippen molar-refractivity contribution in [3.8, 4) is 0 Å². The SMILES string of the molecule is Cc1nc2ccccc2n1C(C)C(=O)Nc1ccccc1. The summed E-state index contributed by atoms with van der Waals surface area (Å²) in [7, 11) is 0. The summed E-state index contributed by atoms with van der Waals surface area (Å²) >= 11 is 0. The van der Waals surface area contributed by atoms with Crippen molar-refractivity contribution >= 4 is 22.6 Å². The number of benzene rings is 2. The fraction of sp³-hybridized carbons (Fsp3) is 0.176. The molecule has 1 atom stereocenters. The second-order valence-electron chi connectivity index (χ2n) is 5.05. The number of hydrogen-bond donors (Lipinski definition) is 1. The Balaban J connectivity index is 1.91. The van der Waals surface area contributed by atoms with Crippen molar-refractivity contribution in [1.29, 1.82) is 0 Å². The molecule has 2 aromatic carbocycles. The van der Waals surface area contributed by atoms with Gasteiger partial charge in [-0.3, -0.25) is 4.79 Å². The van der Waals surface area contributed by atoms with Crippen molar-refractivity contribution < 1.29 is 4.79 Å². The van der Waals surface area contributed by atoms with Gasteiger partial charge in [0.05, 0.1) is 11.0 Å². The molecule has 1 aromatic heterocycles. The fourth-order valence-corrected chi connectivity index (χ4v) is 2.54. The maximum atomic E-state index is 12.4. The van der Waals surface area contributed by atoms with E-state index in [4.69, 9.17) is 0 Å². The number of aromatic nitrogens is 2. The molecule has 3 rings (SSSR count). The topological polar surface area (TPSA) is 46.9 Å². The second-order valence-corrected chi connectivity index (χ2v) is 5.05. The van der Waals surface area contributed by atoms with Crippen LogP contribution in [-0.2, 0) is 4.79 Å². The standard InChI is InChI=1S/C17H17N3O/c1-12(17(21)19-14-8-4-3-5-9-14)20-13(2)18-15-10-6-7-11-16(15)20/h3-12H,1-2H3,(H,19,21). The number of nitrogens with zero attached hydrogens (tertiary/aromatic N) is 2. The third kappa shape index (κ3) is 2.52. The Morgan fingerprint density at radius 1 is 1.10 bits per heavy atom. The number of para-hydroxylation sites is 3. The third-order valence-corrected chi connectivity index (χ3v) is 3.58. The second kappa shape index (κ2) is 5.40. The van der Waals surface area contributed by atoms with E-state index in [1.807, 2.05) is 73.0 Å². The number of aryl methyl sites for hydroxylation is 1. The summed E-state index contributed by atoms with van der Waals surface area (Å²) in [6.45, 7) is 3.81. The van der Waals surface area contributed by atoms with Crippen molar-refractivity contribution in [3.05, 3.63) is 60.4 Å². The number of fused-ring (bicyclic) bond motifs is 1. The van der Waals surface area contributed by atoms with Gasteiger partial charge in [-0.25, -0.2) is 4.98 Å². The predicted molar refractivity (Wildman–Crippen MR) is 84.3 cm³/mol. The van der Waals surface area contributed by atoms with Crippen LogP contribution in [0.2, 0.25) is 0 Å². The van der Waals surface area contributed by atoms with E-state index in [0.717, 1.165) is 22.5 Å². The summed E-state index contributed by atoms with van der Waals surface area (Å²) < 4.78 is 1.97. The molecule has 1 heterocycles. The van der Waals surface area contributed by atoms with Crippen molar-refractivity contribution in [2.75, 3.05) is 5.32 Å². The van der Waals surface area contributed by atoms with Gasteiger partial charge in [0.1, 0.15) is 11.9 Å². The van der Waals surface area contributed by atoms with E-state index in [1.54, 1.807) is 0 Å². The van der Waals surface area contributed by atoms with Crippen LogP contribution in [-0.4, -0.2) is 15.5 Å². The number of carbonyl (C=O) groups is 1. The molecule has 0 fully saturated rings. The molecule has 0 bridgehead atoms. The first-order valence-electron chi connectivity index (χ1n) is 6.96. The number of anilines is 1. The molecular formula is C17H17N3O. The molecule has 1 N–H and O–H groups in total.